The van der Waals surface area contributed by atoms with Gasteiger partial charge in [-0.1, -0.05) is 0 Å². The monoisotopic (exact) mass is 450 g/mol. The summed E-state index contributed by atoms with van der Waals surface area (Å²) in [4.78, 5) is 21.1. The molecule has 1 saturated heterocycles. The van der Waals surface area contributed by atoms with Crippen molar-refractivity contribution in [2.45, 2.75) is 18.9 Å². The lowest BCUT2D eigenvalue weighted by molar-refractivity contribution is 0.124. The van der Waals surface area contributed by atoms with Crippen molar-refractivity contribution in [1.82, 2.24) is 24.6 Å². The molecule has 4 heterocycles. The van der Waals surface area contributed by atoms with Crippen LogP contribution < -0.4 is 5.73 Å². The molecule has 1 aliphatic heterocycles. The first kappa shape index (κ1) is 20.8. The van der Waals surface area contributed by atoms with Crippen molar-refractivity contribution < 1.29 is 18.7 Å². The molecule has 0 bridgehead atoms. The average Bonchev–Trinajstić information content (AvgIpc) is 3.29. The number of nitrogens with two attached hydrogens (primary N) is 1. The molecule has 3 aromatic heterocycles. The van der Waals surface area contributed by atoms with Gasteiger partial charge in [0.05, 0.1) is 17.9 Å². The number of pyridine rings is 2. The van der Waals surface area contributed by atoms with E-state index < -0.39 is 17.7 Å². The van der Waals surface area contributed by atoms with E-state index in [0.29, 0.717) is 42.6 Å². The Balaban J connectivity index is 1.44. The molecular formula is C23H20F2N6O2. The van der Waals surface area contributed by atoms with Gasteiger partial charge in [0.2, 0.25) is 0 Å². The number of carboxylic acid groups (broad SMARTS) is 1. The Morgan fingerprint density at radius 3 is 2.58 bits per heavy atom. The van der Waals surface area contributed by atoms with Crippen molar-refractivity contribution in [1.29, 1.82) is 0 Å². The highest BCUT2D eigenvalue weighted by Gasteiger charge is 2.24. The van der Waals surface area contributed by atoms with E-state index in [1.54, 1.807) is 18.5 Å². The topological polar surface area (TPSA) is 110 Å². The number of nitrogen functional groups attached to an aromatic ring is 1. The van der Waals surface area contributed by atoms with Crippen molar-refractivity contribution in [3.63, 3.8) is 0 Å². The van der Waals surface area contributed by atoms with Crippen LogP contribution in [0.3, 0.4) is 0 Å². The minimum Gasteiger partial charge on any atom is -0.465 e. The fraction of sp³-hybridized carbons (Fsp3) is 0.217. The van der Waals surface area contributed by atoms with Gasteiger partial charge < -0.3 is 15.7 Å². The zero-order valence-electron chi connectivity index (χ0n) is 17.4. The van der Waals surface area contributed by atoms with Gasteiger partial charge in [0.1, 0.15) is 17.5 Å². The number of anilines is 1. The van der Waals surface area contributed by atoms with E-state index in [1.807, 2.05) is 16.9 Å². The summed E-state index contributed by atoms with van der Waals surface area (Å²) in [5.41, 5.74) is 8.67. The highest BCUT2D eigenvalue weighted by Crippen LogP contribution is 2.32. The summed E-state index contributed by atoms with van der Waals surface area (Å²) >= 11 is 0. The van der Waals surface area contributed by atoms with E-state index in [0.717, 1.165) is 17.2 Å². The van der Waals surface area contributed by atoms with Crippen LogP contribution in [0.15, 0.2) is 49.1 Å². The Morgan fingerprint density at radius 1 is 1.03 bits per heavy atom. The Bertz CT molecular complexity index is 1360. The molecule has 33 heavy (non-hydrogen) atoms. The van der Waals surface area contributed by atoms with Crippen LogP contribution in [0.2, 0.25) is 0 Å². The maximum Gasteiger partial charge on any atom is 0.407 e. The molecule has 10 heteroatoms. The maximum atomic E-state index is 14.0. The lowest BCUT2D eigenvalue weighted by Crippen LogP contribution is -2.38. The zero-order chi connectivity index (χ0) is 23.1. The number of piperidine rings is 1. The Kier molecular flexibility index (Phi) is 5.12. The standard InChI is InChI=1S/C23H20F2N6O2/c24-16-5-13-7-21(27-11-19(13)20(25)8-16)18-6-14(9-28-22(18)26)15-10-29-31(12-15)17-1-3-30(4-2-17)23(32)33/h5-12,17H,1-4H2,(H2,26,28)(H,32,33). The number of fused-ring (bicyclic) bond motifs is 1. The molecule has 8 nitrogen and oxygen atoms in total. The minimum absolute atomic E-state index is 0.113. The molecule has 1 aliphatic rings. The predicted molar refractivity (Wildman–Crippen MR) is 118 cm³/mol. The molecular weight excluding hydrogens is 430 g/mol. The molecule has 1 fully saturated rings. The van der Waals surface area contributed by atoms with Crippen LogP contribution in [0.25, 0.3) is 33.2 Å². The fourth-order valence-corrected chi connectivity index (χ4v) is 4.17. The summed E-state index contributed by atoms with van der Waals surface area (Å²) in [6, 6.07) is 5.58. The van der Waals surface area contributed by atoms with Gasteiger partial charge in [-0.3, -0.25) is 9.67 Å². The van der Waals surface area contributed by atoms with Crippen molar-refractivity contribution in [2.75, 3.05) is 18.8 Å². The Labute approximate surface area is 187 Å². The van der Waals surface area contributed by atoms with Crippen LogP contribution in [0.5, 0.6) is 0 Å². The van der Waals surface area contributed by atoms with Gasteiger partial charge in [-0.2, -0.15) is 5.10 Å². The number of amides is 1. The Morgan fingerprint density at radius 2 is 1.82 bits per heavy atom. The summed E-state index contributed by atoms with van der Waals surface area (Å²) in [6.45, 7) is 0.940. The van der Waals surface area contributed by atoms with Crippen LogP contribution in [0.1, 0.15) is 18.9 Å². The number of rotatable bonds is 3. The summed E-state index contributed by atoms with van der Waals surface area (Å²) < 4.78 is 29.5. The lowest BCUT2D eigenvalue weighted by atomic mass is 10.0. The molecule has 168 valence electrons. The molecule has 5 rings (SSSR count). The van der Waals surface area contributed by atoms with Crippen molar-refractivity contribution >= 4 is 22.7 Å². The first-order valence-corrected chi connectivity index (χ1v) is 10.4. The van der Waals surface area contributed by atoms with E-state index in [-0.39, 0.29) is 17.2 Å². The van der Waals surface area contributed by atoms with Gasteiger partial charge in [-0.25, -0.2) is 18.6 Å². The van der Waals surface area contributed by atoms with Gasteiger partial charge in [-0.15, -0.1) is 0 Å². The highest BCUT2D eigenvalue weighted by molar-refractivity contribution is 5.88. The van der Waals surface area contributed by atoms with Crippen LogP contribution in [0, 0.1) is 11.6 Å². The van der Waals surface area contributed by atoms with Gasteiger partial charge >= 0.3 is 6.09 Å². The van der Waals surface area contributed by atoms with Crippen molar-refractivity contribution in [3.05, 3.63) is 60.7 Å². The van der Waals surface area contributed by atoms with Crippen LogP contribution in [-0.4, -0.2) is 48.9 Å². The molecule has 0 aliphatic carbocycles. The molecule has 0 unspecified atom stereocenters. The smallest absolute Gasteiger partial charge is 0.407 e. The molecule has 4 aromatic rings. The summed E-state index contributed by atoms with van der Waals surface area (Å²) in [6.07, 6.45) is 7.08. The molecule has 1 amide bonds. The molecule has 0 saturated carbocycles. The van der Waals surface area contributed by atoms with Gasteiger partial charge in [-0.05, 0) is 36.4 Å². The largest absolute Gasteiger partial charge is 0.465 e. The number of hydrogen-bond donors (Lipinski definition) is 2. The van der Waals surface area contributed by atoms with Gasteiger partial charge in [0, 0.05) is 59.8 Å². The summed E-state index contributed by atoms with van der Waals surface area (Å²) in [5.74, 6) is -1.10. The van der Waals surface area contributed by atoms with Gasteiger partial charge in [0.25, 0.3) is 0 Å². The number of hydrogen-bond acceptors (Lipinski definition) is 5. The first-order chi connectivity index (χ1) is 15.9. The minimum atomic E-state index is -0.900. The second-order valence-corrected chi connectivity index (χ2v) is 8.04. The summed E-state index contributed by atoms with van der Waals surface area (Å²) in [7, 11) is 0. The van der Waals surface area contributed by atoms with E-state index in [2.05, 4.69) is 15.1 Å². The second-order valence-electron chi connectivity index (χ2n) is 8.04. The third kappa shape index (κ3) is 3.95. The third-order valence-corrected chi connectivity index (χ3v) is 5.99. The molecule has 0 radical (unpaired) electrons. The van der Waals surface area contributed by atoms with Crippen LogP contribution >= 0.6 is 0 Å². The number of halogens is 2. The van der Waals surface area contributed by atoms with E-state index in [9.17, 15) is 13.6 Å². The number of benzene rings is 1. The average molecular weight is 450 g/mol. The number of nitrogens with zero attached hydrogens (tertiary/aromatic N) is 5. The SMILES string of the molecule is Nc1ncc(-c2cnn(C3CCN(C(=O)O)CC3)c2)cc1-c1cc2cc(F)cc(F)c2cn1. The number of carbonyl (C=O) groups is 1. The van der Waals surface area contributed by atoms with E-state index in [4.69, 9.17) is 10.8 Å². The van der Waals surface area contributed by atoms with E-state index >= 15 is 0 Å². The number of likely N-dealkylation sites (tertiary alicyclic amines) is 1. The Hall–Kier alpha value is -4.08. The van der Waals surface area contributed by atoms with Gasteiger partial charge in [0.15, 0.2) is 0 Å². The second kappa shape index (κ2) is 8.12. The number of aromatic nitrogens is 4. The highest BCUT2D eigenvalue weighted by atomic mass is 19.1. The predicted octanol–water partition coefficient (Wildman–Crippen LogP) is 4.34. The lowest BCUT2D eigenvalue weighted by Gasteiger charge is -2.30. The van der Waals surface area contributed by atoms with E-state index in [1.165, 1.54) is 17.2 Å². The molecule has 0 spiro atoms. The quantitative estimate of drug-likeness (QED) is 0.481. The van der Waals surface area contributed by atoms with Crippen molar-refractivity contribution in [2.24, 2.45) is 0 Å². The van der Waals surface area contributed by atoms with Crippen LogP contribution in [0.4, 0.5) is 19.4 Å². The van der Waals surface area contributed by atoms with Crippen LogP contribution in [-0.2, 0) is 0 Å². The third-order valence-electron chi connectivity index (χ3n) is 5.99. The molecule has 0 atom stereocenters. The first-order valence-electron chi connectivity index (χ1n) is 10.4. The summed E-state index contributed by atoms with van der Waals surface area (Å²) in [5, 5.41) is 14.2. The molecule has 1 aromatic carbocycles. The maximum absolute atomic E-state index is 14.0. The zero-order valence-corrected chi connectivity index (χ0v) is 17.4. The molecule has 3 N–H and O–H groups in total. The fourth-order valence-electron chi connectivity index (χ4n) is 4.17. The normalized spacial score (nSPS) is 14.7. The van der Waals surface area contributed by atoms with Crippen molar-refractivity contribution in [3.8, 4) is 22.4 Å².